The molecule has 0 atom stereocenters. The third kappa shape index (κ3) is 8.63. The molecule has 0 bridgehead atoms. The molecule has 2 aromatic carbocycles. The number of aliphatic imine (C=N–C) groups is 2. The van der Waals surface area contributed by atoms with Crippen molar-refractivity contribution in [2.24, 2.45) is 9.98 Å². The molecular weight excluding hydrogens is 542 g/mol. The van der Waals surface area contributed by atoms with Crippen LogP contribution in [0.15, 0.2) is 46.4 Å². The molecule has 33 heavy (non-hydrogen) atoms. The predicted molar refractivity (Wildman–Crippen MR) is 135 cm³/mol. The summed E-state index contributed by atoms with van der Waals surface area (Å²) < 4.78 is 0. The van der Waals surface area contributed by atoms with Crippen LogP contribution < -0.4 is 24.8 Å². The van der Waals surface area contributed by atoms with E-state index in [0.717, 1.165) is 22.8 Å². The molecule has 0 unspecified atom stereocenters. The maximum absolute atomic E-state index is 5.13. The minimum Gasteiger partial charge on any atom is -1.00 e. The van der Waals surface area contributed by atoms with Crippen LogP contribution in [0.4, 0.5) is 11.4 Å². The number of hydrogen-bond donors (Lipinski definition) is 0. The Morgan fingerprint density at radius 1 is 0.515 bits per heavy atom. The molecule has 2 nitrogen and oxygen atoms in total. The first-order chi connectivity index (χ1) is 14.0. The molecule has 5 heteroatoms. The Morgan fingerprint density at radius 3 is 0.909 bits per heavy atom. The molecule has 2 aromatic rings. The summed E-state index contributed by atoms with van der Waals surface area (Å²) in [5, 5.41) is 0. The summed E-state index contributed by atoms with van der Waals surface area (Å²) in [4.78, 5) is 10.3. The van der Waals surface area contributed by atoms with E-state index in [-0.39, 0.29) is 45.2 Å². The quantitative estimate of drug-likeness (QED) is 0.355. The molecular formula is C28H40Cl2N2Pd. The van der Waals surface area contributed by atoms with Gasteiger partial charge >= 0.3 is 20.4 Å². The van der Waals surface area contributed by atoms with Gasteiger partial charge in [-0.25, -0.2) is 0 Å². The van der Waals surface area contributed by atoms with Gasteiger partial charge in [-0.3, -0.25) is 9.98 Å². The average molecular weight is 582 g/mol. The summed E-state index contributed by atoms with van der Waals surface area (Å²) >= 11 is 0. The Hall–Kier alpha value is -0.978. The molecule has 0 saturated carbocycles. The zero-order valence-corrected chi connectivity index (χ0v) is 24.8. The first-order valence-electron chi connectivity index (χ1n) is 11.4. The molecule has 186 valence electrons. The van der Waals surface area contributed by atoms with Gasteiger partial charge in [-0.1, -0.05) is 91.8 Å². The third-order valence-corrected chi connectivity index (χ3v) is 5.77. The fourth-order valence-electron chi connectivity index (χ4n) is 3.78. The molecule has 0 fully saturated rings. The van der Waals surface area contributed by atoms with E-state index in [1.54, 1.807) is 0 Å². The Kier molecular flexibility index (Phi) is 15.7. The van der Waals surface area contributed by atoms with Gasteiger partial charge in [0.15, 0.2) is 0 Å². The van der Waals surface area contributed by atoms with Gasteiger partial charge in [-0.15, -0.1) is 0 Å². The average Bonchev–Trinajstić information content (AvgIpc) is 2.67. The smallest absolute Gasteiger partial charge is 1.00 e. The second-order valence-corrected chi connectivity index (χ2v) is 9.58. The van der Waals surface area contributed by atoms with Crippen molar-refractivity contribution in [2.45, 2.75) is 92.9 Å². The van der Waals surface area contributed by atoms with Gasteiger partial charge in [-0.05, 0) is 59.8 Å². The molecule has 0 aliphatic heterocycles. The van der Waals surface area contributed by atoms with Crippen molar-refractivity contribution >= 4 is 22.8 Å². The zero-order chi connectivity index (χ0) is 22.6. The SMILES string of the molecule is CC(=Nc1c(C(C)C)cccc1C(C)C)C(C)=Nc1c(C(C)C)cccc1C(C)C.[Cl-].[Cl-].[Pd+2]. The van der Waals surface area contributed by atoms with E-state index in [1.165, 1.54) is 22.3 Å². The molecule has 0 aliphatic carbocycles. The molecule has 0 amide bonds. The van der Waals surface area contributed by atoms with Gasteiger partial charge < -0.3 is 24.8 Å². The minimum atomic E-state index is 0. The molecule has 0 aliphatic rings. The number of nitrogens with zero attached hydrogens (tertiary/aromatic N) is 2. The monoisotopic (exact) mass is 580 g/mol. The van der Waals surface area contributed by atoms with Crippen LogP contribution >= 0.6 is 0 Å². The van der Waals surface area contributed by atoms with Crippen molar-refractivity contribution in [3.05, 3.63) is 58.7 Å². The summed E-state index contributed by atoms with van der Waals surface area (Å²) in [5.41, 5.74) is 9.43. The summed E-state index contributed by atoms with van der Waals surface area (Å²) in [6.45, 7) is 22.1. The van der Waals surface area contributed by atoms with Crippen LogP contribution in [0.2, 0.25) is 0 Å². The molecule has 0 aromatic heterocycles. The van der Waals surface area contributed by atoms with Crippen LogP contribution in [0.1, 0.15) is 115 Å². The van der Waals surface area contributed by atoms with E-state index < -0.39 is 0 Å². The summed E-state index contributed by atoms with van der Waals surface area (Å²) in [5.74, 6) is 1.73. The molecule has 0 radical (unpaired) electrons. The molecule has 2 rings (SSSR count). The molecule has 0 saturated heterocycles. The minimum absolute atomic E-state index is 0. The van der Waals surface area contributed by atoms with E-state index in [4.69, 9.17) is 9.98 Å². The first kappa shape index (κ1) is 34.2. The molecule has 0 N–H and O–H groups in total. The van der Waals surface area contributed by atoms with Crippen LogP contribution in [-0.4, -0.2) is 11.4 Å². The van der Waals surface area contributed by atoms with Crippen LogP contribution in [0, 0.1) is 0 Å². The number of hydrogen-bond acceptors (Lipinski definition) is 2. The first-order valence-corrected chi connectivity index (χ1v) is 11.4. The molecule has 0 spiro atoms. The van der Waals surface area contributed by atoms with Gasteiger partial charge in [0.1, 0.15) is 0 Å². The van der Waals surface area contributed by atoms with E-state index in [0.29, 0.717) is 23.7 Å². The molecule has 0 heterocycles. The summed E-state index contributed by atoms with van der Waals surface area (Å²) in [6, 6.07) is 13.2. The van der Waals surface area contributed by atoms with Crippen molar-refractivity contribution in [3.8, 4) is 0 Å². The normalized spacial score (nSPS) is 12.1. The topological polar surface area (TPSA) is 24.7 Å². The second kappa shape index (κ2) is 15.1. The van der Waals surface area contributed by atoms with Gasteiger partial charge in [0.25, 0.3) is 0 Å². The Morgan fingerprint density at radius 2 is 0.727 bits per heavy atom. The van der Waals surface area contributed by atoms with Crippen molar-refractivity contribution in [1.82, 2.24) is 0 Å². The number of rotatable bonds is 7. The van der Waals surface area contributed by atoms with Crippen LogP contribution in [0.3, 0.4) is 0 Å². The third-order valence-electron chi connectivity index (χ3n) is 5.77. The van der Waals surface area contributed by atoms with Gasteiger partial charge in [0, 0.05) is 0 Å². The van der Waals surface area contributed by atoms with E-state index in [1.807, 2.05) is 0 Å². The fourth-order valence-corrected chi connectivity index (χ4v) is 3.78. The van der Waals surface area contributed by atoms with Gasteiger partial charge in [0.2, 0.25) is 0 Å². The summed E-state index contributed by atoms with van der Waals surface area (Å²) in [6.07, 6.45) is 0. The van der Waals surface area contributed by atoms with Crippen molar-refractivity contribution in [3.63, 3.8) is 0 Å². The number of halogens is 2. The largest absolute Gasteiger partial charge is 2.00 e. The number of benzene rings is 2. The number of para-hydroxylation sites is 2. The maximum Gasteiger partial charge on any atom is 2.00 e. The standard InChI is InChI=1S/C28H40N2.2ClH.Pd/c1-17(2)23-13-11-14-24(18(3)4)27(23)29-21(9)22(10)30-28-25(19(5)6)15-12-16-26(28)20(7)8;;;/h11-20H,1-10H3;2*1H;/q;;;+2/p-2. The Balaban J connectivity index is 0. The van der Waals surface area contributed by atoms with E-state index in [9.17, 15) is 0 Å². The fraction of sp³-hybridized carbons (Fsp3) is 0.500. The van der Waals surface area contributed by atoms with Crippen LogP contribution in [0.25, 0.3) is 0 Å². The van der Waals surface area contributed by atoms with Crippen LogP contribution in [-0.2, 0) is 20.4 Å². The maximum atomic E-state index is 5.13. The van der Waals surface area contributed by atoms with Crippen LogP contribution in [0.5, 0.6) is 0 Å². The van der Waals surface area contributed by atoms with Crippen molar-refractivity contribution in [1.29, 1.82) is 0 Å². The Labute approximate surface area is 228 Å². The van der Waals surface area contributed by atoms with Gasteiger partial charge in [0.05, 0.1) is 22.8 Å². The van der Waals surface area contributed by atoms with Crippen molar-refractivity contribution < 1.29 is 45.2 Å². The van der Waals surface area contributed by atoms with E-state index in [2.05, 4.69) is 106 Å². The van der Waals surface area contributed by atoms with Gasteiger partial charge in [-0.2, -0.15) is 0 Å². The summed E-state index contributed by atoms with van der Waals surface area (Å²) in [7, 11) is 0. The van der Waals surface area contributed by atoms with Crippen molar-refractivity contribution in [2.75, 3.05) is 0 Å². The second-order valence-electron chi connectivity index (χ2n) is 9.58. The van der Waals surface area contributed by atoms with E-state index >= 15 is 0 Å². The Bertz CT molecular complexity index is 815. The predicted octanol–water partition coefficient (Wildman–Crippen LogP) is 3.07. The zero-order valence-electron chi connectivity index (χ0n) is 21.7.